The number of hydrogen-bond donors (Lipinski definition) is 3. The Kier molecular flexibility index (Phi) is 17.1. The summed E-state index contributed by atoms with van der Waals surface area (Å²) in [6, 6.07) is 0. The van der Waals surface area contributed by atoms with E-state index in [-0.39, 0.29) is 0 Å². The topological polar surface area (TPSA) is 97.2 Å². The van der Waals surface area contributed by atoms with Crippen molar-refractivity contribution in [3.63, 3.8) is 0 Å². The summed E-state index contributed by atoms with van der Waals surface area (Å²) in [5.74, 6) is 0. The Morgan fingerprint density at radius 1 is 0.944 bits per heavy atom. The molecule has 0 amide bonds. The standard InChI is InChI=1S/C12H27N.H3O4P/c1-3-5-6-7-8-9-10-11-12-13-4-2;1-5(2,3)4/h13H,3-12H2,1-2H3;(H3,1,2,3,4). The lowest BCUT2D eigenvalue weighted by atomic mass is 10.1. The van der Waals surface area contributed by atoms with Crippen LogP contribution >= 0.6 is 7.82 Å². The van der Waals surface area contributed by atoms with Crippen molar-refractivity contribution in [2.75, 3.05) is 13.1 Å². The lowest BCUT2D eigenvalue weighted by molar-refractivity contribution is -0.652. The summed E-state index contributed by atoms with van der Waals surface area (Å²) in [4.78, 5) is 22.9. The van der Waals surface area contributed by atoms with Gasteiger partial charge in [-0.3, -0.25) is 4.57 Å². The van der Waals surface area contributed by atoms with Gasteiger partial charge in [-0.25, -0.2) is 0 Å². The molecule has 112 valence electrons. The first-order valence-electron chi connectivity index (χ1n) is 7.00. The molecule has 0 aromatic heterocycles. The van der Waals surface area contributed by atoms with E-state index < -0.39 is 7.82 Å². The van der Waals surface area contributed by atoms with E-state index in [1.165, 1.54) is 64.5 Å². The highest BCUT2D eigenvalue weighted by molar-refractivity contribution is 7.43. The average Bonchev–Trinajstić information content (AvgIpc) is 2.25. The lowest BCUT2D eigenvalue weighted by Crippen LogP contribution is -2.83. The fourth-order valence-electron chi connectivity index (χ4n) is 1.63. The van der Waals surface area contributed by atoms with Gasteiger partial charge in [-0.05, 0) is 19.8 Å². The van der Waals surface area contributed by atoms with Crippen molar-refractivity contribution in [1.29, 1.82) is 0 Å². The number of quaternary nitrogens is 1. The maximum Gasteiger partial charge on any atom is 0.262 e. The second-order valence-corrected chi connectivity index (χ2v) is 5.43. The molecule has 0 heterocycles. The second-order valence-electron chi connectivity index (χ2n) is 4.45. The largest absolute Gasteiger partial charge is 0.756 e. The van der Waals surface area contributed by atoms with Gasteiger partial charge in [0.1, 0.15) is 0 Å². The SMILES string of the molecule is CCCCCCCCCC[NH2+]CC.O=P([O-])(O)O. The monoisotopic (exact) mass is 283 g/mol. The van der Waals surface area contributed by atoms with Gasteiger partial charge in [0.15, 0.2) is 0 Å². The molecule has 5 nitrogen and oxygen atoms in total. The molecule has 0 aromatic rings. The molecule has 0 aliphatic rings. The second kappa shape index (κ2) is 15.1. The normalized spacial score (nSPS) is 10.9. The highest BCUT2D eigenvalue weighted by Crippen LogP contribution is 2.18. The molecule has 0 aliphatic heterocycles. The molecule has 0 fully saturated rings. The molecule has 0 aliphatic carbocycles. The lowest BCUT2D eigenvalue weighted by Gasteiger charge is -2.01. The van der Waals surface area contributed by atoms with Crippen LogP contribution in [0.1, 0.15) is 65.2 Å². The highest BCUT2D eigenvalue weighted by Gasteiger charge is 1.91. The molecular formula is C12H30NO4P. The van der Waals surface area contributed by atoms with Crippen molar-refractivity contribution in [3.05, 3.63) is 0 Å². The molecule has 0 spiro atoms. The predicted molar refractivity (Wildman–Crippen MR) is 72.0 cm³/mol. The van der Waals surface area contributed by atoms with E-state index in [4.69, 9.17) is 19.2 Å². The molecule has 4 N–H and O–H groups in total. The molecule has 18 heavy (non-hydrogen) atoms. The van der Waals surface area contributed by atoms with Gasteiger partial charge < -0.3 is 20.0 Å². The summed E-state index contributed by atoms with van der Waals surface area (Å²) in [6.45, 7) is 7.09. The maximum atomic E-state index is 8.77. The first kappa shape index (κ1) is 20.4. The summed E-state index contributed by atoms with van der Waals surface area (Å²) in [6.07, 6.45) is 11.5. The minimum atomic E-state index is -4.89. The van der Waals surface area contributed by atoms with Gasteiger partial charge in [-0.1, -0.05) is 45.4 Å². The molecule has 0 saturated carbocycles. The van der Waals surface area contributed by atoms with Gasteiger partial charge in [0.2, 0.25) is 0 Å². The van der Waals surface area contributed by atoms with Crippen molar-refractivity contribution in [2.24, 2.45) is 0 Å². The number of rotatable bonds is 10. The zero-order valence-electron chi connectivity index (χ0n) is 11.8. The summed E-state index contributed by atoms with van der Waals surface area (Å²) in [5, 5.41) is 2.40. The van der Waals surface area contributed by atoms with Crippen LogP contribution in [0.15, 0.2) is 0 Å². The third kappa shape index (κ3) is 36.0. The van der Waals surface area contributed by atoms with E-state index in [0.717, 1.165) is 0 Å². The zero-order chi connectivity index (χ0) is 14.3. The Morgan fingerprint density at radius 2 is 1.33 bits per heavy atom. The molecule has 0 atom stereocenters. The van der Waals surface area contributed by atoms with E-state index in [2.05, 4.69) is 19.2 Å². The zero-order valence-corrected chi connectivity index (χ0v) is 12.7. The van der Waals surface area contributed by atoms with Gasteiger partial charge in [0.05, 0.1) is 13.1 Å². The predicted octanol–water partition coefficient (Wildman–Crippen LogP) is 1.15. The number of nitrogens with two attached hydrogens (primary N) is 1. The van der Waals surface area contributed by atoms with E-state index >= 15 is 0 Å². The minimum absolute atomic E-state index is 1.25. The third-order valence-corrected chi connectivity index (χ3v) is 2.55. The first-order chi connectivity index (χ1) is 8.41. The van der Waals surface area contributed by atoms with E-state index in [1.807, 2.05) is 0 Å². The van der Waals surface area contributed by atoms with E-state index in [9.17, 15) is 0 Å². The van der Waals surface area contributed by atoms with Gasteiger partial charge in [-0.2, -0.15) is 0 Å². The fraction of sp³-hybridized carbons (Fsp3) is 1.00. The summed E-state index contributed by atoms with van der Waals surface area (Å²) >= 11 is 0. The Hall–Kier alpha value is 0.0700. The Balaban J connectivity index is 0. The van der Waals surface area contributed by atoms with Gasteiger partial charge in [0, 0.05) is 0 Å². The van der Waals surface area contributed by atoms with Crippen molar-refractivity contribution in [1.82, 2.24) is 0 Å². The number of phosphoric acid groups is 1. The molecule has 0 aromatic carbocycles. The smallest absolute Gasteiger partial charge is 0.262 e. The Labute approximate surface area is 111 Å². The molecule has 0 radical (unpaired) electrons. The quantitative estimate of drug-likeness (QED) is 0.414. The Morgan fingerprint density at radius 3 is 1.72 bits per heavy atom. The molecule has 0 unspecified atom stereocenters. The average molecular weight is 283 g/mol. The van der Waals surface area contributed by atoms with Gasteiger partial charge >= 0.3 is 0 Å². The van der Waals surface area contributed by atoms with Crippen LogP contribution < -0.4 is 10.2 Å². The van der Waals surface area contributed by atoms with Crippen LogP contribution in [0.5, 0.6) is 0 Å². The highest BCUT2D eigenvalue weighted by atomic mass is 31.2. The van der Waals surface area contributed by atoms with E-state index in [0.29, 0.717) is 0 Å². The van der Waals surface area contributed by atoms with Crippen LogP contribution in [-0.4, -0.2) is 22.9 Å². The number of hydrogen-bond acceptors (Lipinski definition) is 2. The molecule has 6 heteroatoms. The van der Waals surface area contributed by atoms with Crippen LogP contribution in [0, 0.1) is 0 Å². The van der Waals surface area contributed by atoms with Crippen LogP contribution in [0.25, 0.3) is 0 Å². The van der Waals surface area contributed by atoms with Crippen LogP contribution in [0.2, 0.25) is 0 Å². The van der Waals surface area contributed by atoms with Crippen LogP contribution in [0.3, 0.4) is 0 Å². The van der Waals surface area contributed by atoms with Crippen molar-refractivity contribution < 1.29 is 24.6 Å². The number of unbranched alkanes of at least 4 members (excludes halogenated alkanes) is 7. The summed E-state index contributed by atoms with van der Waals surface area (Å²) in [7, 11) is -4.89. The summed E-state index contributed by atoms with van der Waals surface area (Å²) in [5.41, 5.74) is 0. The molecule has 0 rings (SSSR count). The fourth-order valence-corrected chi connectivity index (χ4v) is 1.63. The molecular weight excluding hydrogens is 253 g/mol. The van der Waals surface area contributed by atoms with Crippen LogP contribution in [0.4, 0.5) is 0 Å². The van der Waals surface area contributed by atoms with Crippen molar-refractivity contribution in [3.8, 4) is 0 Å². The molecule has 0 saturated heterocycles. The maximum absolute atomic E-state index is 8.77. The third-order valence-electron chi connectivity index (χ3n) is 2.55. The molecule has 0 bridgehead atoms. The van der Waals surface area contributed by atoms with Gasteiger partial charge in [0.25, 0.3) is 7.82 Å². The van der Waals surface area contributed by atoms with Crippen molar-refractivity contribution >= 4 is 7.82 Å². The van der Waals surface area contributed by atoms with Crippen LogP contribution in [-0.2, 0) is 4.57 Å². The van der Waals surface area contributed by atoms with E-state index in [1.54, 1.807) is 0 Å². The van der Waals surface area contributed by atoms with Crippen molar-refractivity contribution in [2.45, 2.75) is 65.2 Å². The first-order valence-corrected chi connectivity index (χ1v) is 8.53. The minimum Gasteiger partial charge on any atom is -0.756 e. The van der Waals surface area contributed by atoms with Gasteiger partial charge in [-0.15, -0.1) is 0 Å². The summed E-state index contributed by atoms with van der Waals surface area (Å²) < 4.78 is 8.77. The Bertz CT molecular complexity index is 178.